The van der Waals surface area contributed by atoms with Gasteiger partial charge in [0.05, 0.1) is 25.2 Å². The molecule has 1 atom stereocenters. The van der Waals surface area contributed by atoms with E-state index in [9.17, 15) is 8.42 Å². The lowest BCUT2D eigenvalue weighted by Gasteiger charge is -2.18. The van der Waals surface area contributed by atoms with Crippen molar-refractivity contribution in [2.75, 3.05) is 33.0 Å². The molecule has 0 aromatic heterocycles. The van der Waals surface area contributed by atoms with Crippen molar-refractivity contribution in [3.8, 4) is 11.5 Å². The van der Waals surface area contributed by atoms with Crippen molar-refractivity contribution in [1.82, 2.24) is 10.6 Å². The Labute approximate surface area is 179 Å². The fraction of sp³-hybridized carbons (Fsp3) is 0.409. The minimum atomic E-state index is -3.14. The molecule has 0 bridgehead atoms. The highest BCUT2D eigenvalue weighted by atomic mass is 32.2. The molecule has 0 heterocycles. The smallest absolute Gasteiger partial charge is 0.191 e. The molecular weight excluding hydrogens is 402 g/mol. The second kappa shape index (κ2) is 12.1. The topological polar surface area (TPSA) is 89.0 Å². The minimum absolute atomic E-state index is 0.0694. The minimum Gasteiger partial charge on any atom is -0.497 e. The van der Waals surface area contributed by atoms with Crippen LogP contribution in [0.5, 0.6) is 11.5 Å². The van der Waals surface area contributed by atoms with Crippen LogP contribution in [0.3, 0.4) is 0 Å². The second-order valence-corrected chi connectivity index (χ2v) is 9.10. The number of ether oxygens (including phenoxy) is 2. The zero-order valence-corrected chi connectivity index (χ0v) is 18.6. The lowest BCUT2D eigenvalue weighted by atomic mass is 10.2. The maximum Gasteiger partial charge on any atom is 0.191 e. The first kappa shape index (κ1) is 23.5. The van der Waals surface area contributed by atoms with Gasteiger partial charge in [0, 0.05) is 19.7 Å². The SMILES string of the molecule is CN=C(NCCCS(=O)(=O)Cc1ccccc1)NCC(C)Oc1cccc(OC)c1. The van der Waals surface area contributed by atoms with Crippen molar-refractivity contribution >= 4 is 15.8 Å². The maximum atomic E-state index is 12.2. The lowest BCUT2D eigenvalue weighted by molar-refractivity contribution is 0.223. The molecule has 2 aromatic rings. The number of guanidine groups is 1. The number of benzene rings is 2. The van der Waals surface area contributed by atoms with Gasteiger partial charge in [0.2, 0.25) is 0 Å². The van der Waals surface area contributed by atoms with Crippen molar-refractivity contribution in [3.05, 3.63) is 60.2 Å². The van der Waals surface area contributed by atoms with Gasteiger partial charge in [-0.15, -0.1) is 0 Å². The predicted molar refractivity (Wildman–Crippen MR) is 121 cm³/mol. The number of nitrogens with zero attached hydrogens (tertiary/aromatic N) is 1. The molecular formula is C22H31N3O4S. The Kier molecular flexibility index (Phi) is 9.47. The average Bonchev–Trinajstić information content (AvgIpc) is 2.73. The summed E-state index contributed by atoms with van der Waals surface area (Å²) in [7, 11) is 0.157. The summed E-state index contributed by atoms with van der Waals surface area (Å²) in [6.45, 7) is 3.01. The van der Waals surface area contributed by atoms with Crippen LogP contribution in [0.25, 0.3) is 0 Å². The molecule has 0 aliphatic heterocycles. The number of nitrogens with one attached hydrogen (secondary N) is 2. The van der Waals surface area contributed by atoms with E-state index in [1.165, 1.54) is 0 Å². The van der Waals surface area contributed by atoms with E-state index in [1.807, 2.05) is 61.5 Å². The molecule has 0 amide bonds. The van der Waals surface area contributed by atoms with E-state index in [2.05, 4.69) is 15.6 Å². The van der Waals surface area contributed by atoms with Crippen LogP contribution < -0.4 is 20.1 Å². The Morgan fingerprint density at radius 2 is 1.80 bits per heavy atom. The molecule has 0 spiro atoms. The highest BCUT2D eigenvalue weighted by molar-refractivity contribution is 7.90. The fourth-order valence-corrected chi connectivity index (χ4v) is 4.24. The summed E-state index contributed by atoms with van der Waals surface area (Å²) in [5.41, 5.74) is 0.813. The van der Waals surface area contributed by atoms with Gasteiger partial charge in [0.15, 0.2) is 15.8 Å². The van der Waals surface area contributed by atoms with Crippen LogP contribution >= 0.6 is 0 Å². The zero-order valence-electron chi connectivity index (χ0n) is 17.8. The van der Waals surface area contributed by atoms with Gasteiger partial charge in [-0.3, -0.25) is 4.99 Å². The summed E-state index contributed by atoms with van der Waals surface area (Å²) in [5, 5.41) is 6.33. The van der Waals surface area contributed by atoms with Crippen LogP contribution in [0.4, 0.5) is 0 Å². The number of aliphatic imine (C=N–C) groups is 1. The van der Waals surface area contributed by atoms with Crippen LogP contribution in [0, 0.1) is 0 Å². The summed E-state index contributed by atoms with van der Waals surface area (Å²) in [4.78, 5) is 4.17. The number of rotatable bonds is 11. The molecule has 7 nitrogen and oxygen atoms in total. The van der Waals surface area contributed by atoms with Crippen LogP contribution in [0.15, 0.2) is 59.6 Å². The third kappa shape index (κ3) is 8.73. The number of sulfone groups is 1. The first-order valence-electron chi connectivity index (χ1n) is 9.91. The van der Waals surface area contributed by atoms with E-state index in [0.29, 0.717) is 25.5 Å². The molecule has 0 aliphatic carbocycles. The summed E-state index contributed by atoms with van der Waals surface area (Å²) >= 11 is 0. The molecule has 30 heavy (non-hydrogen) atoms. The maximum absolute atomic E-state index is 12.2. The molecule has 2 aromatic carbocycles. The van der Waals surface area contributed by atoms with Crippen molar-refractivity contribution in [2.45, 2.75) is 25.2 Å². The summed E-state index contributed by atoms with van der Waals surface area (Å²) < 4.78 is 35.6. The van der Waals surface area contributed by atoms with Crippen LogP contribution in [-0.2, 0) is 15.6 Å². The van der Waals surface area contributed by atoms with Crippen LogP contribution in [0.1, 0.15) is 18.9 Å². The molecule has 0 saturated heterocycles. The van der Waals surface area contributed by atoms with E-state index in [1.54, 1.807) is 14.2 Å². The molecule has 0 fully saturated rings. The molecule has 1 unspecified atom stereocenters. The van der Waals surface area contributed by atoms with Gasteiger partial charge in [0.25, 0.3) is 0 Å². The van der Waals surface area contributed by atoms with Gasteiger partial charge < -0.3 is 20.1 Å². The van der Waals surface area contributed by atoms with Crippen molar-refractivity contribution in [2.24, 2.45) is 4.99 Å². The molecule has 2 N–H and O–H groups in total. The van der Waals surface area contributed by atoms with Gasteiger partial charge >= 0.3 is 0 Å². The summed E-state index contributed by atoms with van der Waals surface area (Å²) in [6, 6.07) is 16.7. The molecule has 2 rings (SSSR count). The third-order valence-electron chi connectivity index (χ3n) is 4.31. The number of hydrogen-bond acceptors (Lipinski definition) is 5. The Morgan fingerprint density at radius 1 is 1.07 bits per heavy atom. The van der Waals surface area contributed by atoms with Crippen LogP contribution in [0.2, 0.25) is 0 Å². The molecule has 8 heteroatoms. The van der Waals surface area contributed by atoms with E-state index in [0.717, 1.165) is 17.1 Å². The first-order valence-corrected chi connectivity index (χ1v) is 11.7. The van der Waals surface area contributed by atoms with E-state index >= 15 is 0 Å². The average molecular weight is 434 g/mol. The standard InChI is InChI=1S/C22H31N3O4S/c1-18(29-21-12-7-11-20(15-21)28-3)16-25-22(23-2)24-13-8-14-30(26,27)17-19-9-5-4-6-10-19/h4-7,9-12,15,18H,8,13-14,16-17H2,1-3H3,(H2,23,24,25). The summed E-state index contributed by atoms with van der Waals surface area (Å²) in [5.74, 6) is 2.28. The number of hydrogen-bond donors (Lipinski definition) is 2. The number of methoxy groups -OCH3 is 1. The van der Waals surface area contributed by atoms with Crippen molar-refractivity contribution in [1.29, 1.82) is 0 Å². The predicted octanol–water partition coefficient (Wildman–Crippen LogP) is 2.63. The van der Waals surface area contributed by atoms with Gasteiger partial charge in [-0.25, -0.2) is 8.42 Å². The summed E-state index contributed by atoms with van der Waals surface area (Å²) in [6.07, 6.45) is 0.410. The molecule has 0 radical (unpaired) electrons. The molecule has 0 saturated carbocycles. The van der Waals surface area contributed by atoms with Gasteiger partial charge in [0.1, 0.15) is 17.6 Å². The van der Waals surface area contributed by atoms with Gasteiger partial charge in [-0.1, -0.05) is 36.4 Å². The van der Waals surface area contributed by atoms with Crippen LogP contribution in [-0.4, -0.2) is 53.5 Å². The first-order chi connectivity index (χ1) is 14.4. The van der Waals surface area contributed by atoms with E-state index in [4.69, 9.17) is 9.47 Å². The Hall–Kier alpha value is -2.74. The third-order valence-corrected chi connectivity index (χ3v) is 6.00. The highest BCUT2D eigenvalue weighted by Gasteiger charge is 2.12. The Morgan fingerprint density at radius 3 is 2.50 bits per heavy atom. The molecule has 164 valence electrons. The van der Waals surface area contributed by atoms with E-state index in [-0.39, 0.29) is 17.6 Å². The second-order valence-electron chi connectivity index (χ2n) is 6.92. The fourth-order valence-electron chi connectivity index (χ4n) is 2.81. The Balaban J connectivity index is 1.69. The van der Waals surface area contributed by atoms with Gasteiger partial charge in [-0.2, -0.15) is 0 Å². The van der Waals surface area contributed by atoms with Crippen molar-refractivity contribution in [3.63, 3.8) is 0 Å². The lowest BCUT2D eigenvalue weighted by Crippen LogP contribution is -2.42. The highest BCUT2D eigenvalue weighted by Crippen LogP contribution is 2.19. The monoisotopic (exact) mass is 433 g/mol. The normalized spacial score (nSPS) is 12.8. The quantitative estimate of drug-likeness (QED) is 0.322. The molecule has 0 aliphatic rings. The van der Waals surface area contributed by atoms with E-state index < -0.39 is 9.84 Å². The largest absolute Gasteiger partial charge is 0.497 e. The zero-order chi connectivity index (χ0) is 21.8. The van der Waals surface area contributed by atoms with Gasteiger partial charge in [-0.05, 0) is 31.0 Å². The Bertz CT molecular complexity index is 902. The van der Waals surface area contributed by atoms with Crippen molar-refractivity contribution < 1.29 is 17.9 Å².